The molecule has 0 saturated carbocycles. The number of aliphatic carboxylic acids is 1. The molecule has 0 radical (unpaired) electrons. The summed E-state index contributed by atoms with van der Waals surface area (Å²) >= 11 is 0. The van der Waals surface area contributed by atoms with Gasteiger partial charge in [-0.3, -0.25) is 4.79 Å². The molecule has 0 saturated heterocycles. The Hall–Kier alpha value is -1.56. The van der Waals surface area contributed by atoms with E-state index in [-0.39, 0.29) is 0 Å². The third kappa shape index (κ3) is 2.81. The van der Waals surface area contributed by atoms with Crippen molar-refractivity contribution in [2.24, 2.45) is 5.73 Å². The van der Waals surface area contributed by atoms with Gasteiger partial charge >= 0.3 is 12.1 Å². The molecule has 0 fully saturated rings. The molecule has 1 aromatic rings. The van der Waals surface area contributed by atoms with E-state index >= 15 is 0 Å². The van der Waals surface area contributed by atoms with Gasteiger partial charge in [0.2, 0.25) is 0 Å². The smallest absolute Gasteiger partial charge is 0.416 e. The second-order valence-corrected chi connectivity index (χ2v) is 4.43. The molecule has 1 aromatic carbocycles. The fraction of sp³-hybridized carbons (Fsp3) is 0.417. The molecule has 0 heterocycles. The third-order valence-corrected chi connectivity index (χ3v) is 3.10. The molecule has 0 aliphatic carbocycles. The van der Waals surface area contributed by atoms with Crippen LogP contribution in [-0.4, -0.2) is 16.6 Å². The first kappa shape index (κ1) is 14.5. The first-order valence-corrected chi connectivity index (χ1v) is 5.26. The van der Waals surface area contributed by atoms with Crippen LogP contribution in [0.2, 0.25) is 0 Å². The van der Waals surface area contributed by atoms with E-state index < -0.39 is 29.2 Å². The number of carboxylic acid groups (broad SMARTS) is 1. The third-order valence-electron chi connectivity index (χ3n) is 3.10. The minimum atomic E-state index is -4.40. The number of hydrogen-bond donors (Lipinski definition) is 2. The van der Waals surface area contributed by atoms with Gasteiger partial charge in [-0.15, -0.1) is 0 Å². The van der Waals surface area contributed by atoms with E-state index in [1.54, 1.807) is 6.92 Å². The van der Waals surface area contributed by atoms with Crippen molar-refractivity contribution in [2.75, 3.05) is 0 Å². The number of nitrogens with two attached hydrogens (primary N) is 1. The van der Waals surface area contributed by atoms with Crippen LogP contribution >= 0.6 is 0 Å². The zero-order valence-electron chi connectivity index (χ0n) is 9.95. The van der Waals surface area contributed by atoms with Crippen molar-refractivity contribution >= 4 is 5.97 Å². The van der Waals surface area contributed by atoms with E-state index in [0.29, 0.717) is 5.56 Å². The molecule has 0 aliphatic rings. The molecule has 0 aliphatic heterocycles. The Morgan fingerprint density at radius 3 is 2.06 bits per heavy atom. The van der Waals surface area contributed by atoms with E-state index in [2.05, 4.69) is 0 Å². The average Bonchev–Trinajstić information content (AvgIpc) is 2.26. The first-order chi connectivity index (χ1) is 8.06. The van der Waals surface area contributed by atoms with Gasteiger partial charge in [-0.25, -0.2) is 0 Å². The highest BCUT2D eigenvalue weighted by Crippen LogP contribution is 2.32. The lowest BCUT2D eigenvalue weighted by molar-refractivity contribution is -0.143. The lowest BCUT2D eigenvalue weighted by Crippen LogP contribution is -2.49. The standard InChI is InChI=1S/C12H14F3NO2/c1-7(11(2,16)10(17)18)8-3-5-9(6-4-8)12(13,14)15/h3-7H,16H2,1-2H3,(H,17,18). The largest absolute Gasteiger partial charge is 0.480 e. The van der Waals surface area contributed by atoms with Gasteiger partial charge in [-0.2, -0.15) is 13.2 Å². The Morgan fingerprint density at radius 2 is 1.72 bits per heavy atom. The summed E-state index contributed by atoms with van der Waals surface area (Å²) in [6, 6.07) is 4.34. The number of rotatable bonds is 3. The van der Waals surface area contributed by atoms with Gasteiger partial charge in [0, 0.05) is 5.92 Å². The van der Waals surface area contributed by atoms with Crippen LogP contribution in [0.3, 0.4) is 0 Å². The van der Waals surface area contributed by atoms with Crippen molar-refractivity contribution < 1.29 is 23.1 Å². The van der Waals surface area contributed by atoms with Crippen molar-refractivity contribution in [1.82, 2.24) is 0 Å². The maximum Gasteiger partial charge on any atom is 0.416 e. The molecular formula is C12H14F3NO2. The first-order valence-electron chi connectivity index (χ1n) is 5.26. The summed E-state index contributed by atoms with van der Waals surface area (Å²) < 4.78 is 37.1. The summed E-state index contributed by atoms with van der Waals surface area (Å²) in [5, 5.41) is 8.95. The van der Waals surface area contributed by atoms with Gasteiger partial charge in [-0.1, -0.05) is 19.1 Å². The quantitative estimate of drug-likeness (QED) is 0.879. The van der Waals surface area contributed by atoms with Crippen LogP contribution < -0.4 is 5.73 Å². The lowest BCUT2D eigenvalue weighted by Gasteiger charge is -2.27. The number of hydrogen-bond acceptors (Lipinski definition) is 2. The molecule has 2 unspecified atom stereocenters. The van der Waals surface area contributed by atoms with Crippen molar-refractivity contribution in [3.63, 3.8) is 0 Å². The van der Waals surface area contributed by atoms with Crippen LogP contribution in [0, 0.1) is 0 Å². The van der Waals surface area contributed by atoms with Gasteiger partial charge in [-0.05, 0) is 24.6 Å². The summed E-state index contributed by atoms with van der Waals surface area (Å²) in [7, 11) is 0. The van der Waals surface area contributed by atoms with Crippen molar-refractivity contribution in [3.8, 4) is 0 Å². The number of halogens is 3. The summed E-state index contributed by atoms with van der Waals surface area (Å²) in [5.74, 6) is -1.80. The Balaban J connectivity index is 3.03. The minimum absolute atomic E-state index is 0.454. The molecule has 0 spiro atoms. The molecule has 0 amide bonds. The number of benzene rings is 1. The summed E-state index contributed by atoms with van der Waals surface area (Å²) in [5.41, 5.74) is 3.79. The Kier molecular flexibility index (Phi) is 3.71. The lowest BCUT2D eigenvalue weighted by atomic mass is 9.82. The van der Waals surface area contributed by atoms with Crippen LogP contribution in [0.15, 0.2) is 24.3 Å². The van der Waals surface area contributed by atoms with Crippen LogP contribution in [0.5, 0.6) is 0 Å². The zero-order chi connectivity index (χ0) is 14.1. The second kappa shape index (κ2) is 4.61. The van der Waals surface area contributed by atoms with Gasteiger partial charge in [0.05, 0.1) is 5.56 Å². The molecular weight excluding hydrogens is 247 g/mol. The summed E-state index contributed by atoms with van der Waals surface area (Å²) in [4.78, 5) is 11.0. The average molecular weight is 261 g/mol. The molecule has 6 heteroatoms. The predicted octanol–water partition coefficient (Wildman–Crippen LogP) is 2.61. The molecule has 0 bridgehead atoms. The SMILES string of the molecule is CC(c1ccc(C(F)(F)F)cc1)C(C)(N)C(=O)O. The highest BCUT2D eigenvalue weighted by atomic mass is 19.4. The Morgan fingerprint density at radius 1 is 1.28 bits per heavy atom. The molecule has 0 aromatic heterocycles. The van der Waals surface area contributed by atoms with E-state index in [1.165, 1.54) is 19.1 Å². The number of carbonyl (C=O) groups is 1. The van der Waals surface area contributed by atoms with Crippen molar-refractivity contribution in [3.05, 3.63) is 35.4 Å². The van der Waals surface area contributed by atoms with Gasteiger partial charge in [0.1, 0.15) is 5.54 Å². The van der Waals surface area contributed by atoms with E-state index in [0.717, 1.165) is 12.1 Å². The minimum Gasteiger partial charge on any atom is -0.480 e. The number of carboxylic acids is 1. The van der Waals surface area contributed by atoms with Crippen LogP contribution in [0.25, 0.3) is 0 Å². The Bertz CT molecular complexity index is 438. The van der Waals surface area contributed by atoms with Crippen LogP contribution in [-0.2, 0) is 11.0 Å². The Labute approximate surface area is 102 Å². The van der Waals surface area contributed by atoms with E-state index in [1.807, 2.05) is 0 Å². The zero-order valence-corrected chi connectivity index (χ0v) is 9.95. The number of alkyl halides is 3. The summed E-state index contributed by atoms with van der Waals surface area (Å²) in [6.45, 7) is 2.90. The molecule has 18 heavy (non-hydrogen) atoms. The van der Waals surface area contributed by atoms with Gasteiger partial charge in [0.15, 0.2) is 0 Å². The molecule has 3 N–H and O–H groups in total. The van der Waals surface area contributed by atoms with Crippen LogP contribution in [0.1, 0.15) is 30.9 Å². The molecule has 100 valence electrons. The topological polar surface area (TPSA) is 63.3 Å². The van der Waals surface area contributed by atoms with Gasteiger partial charge in [0.25, 0.3) is 0 Å². The summed E-state index contributed by atoms with van der Waals surface area (Å²) in [6.07, 6.45) is -4.40. The second-order valence-electron chi connectivity index (χ2n) is 4.43. The molecule has 1 rings (SSSR count). The predicted molar refractivity (Wildman–Crippen MR) is 60.1 cm³/mol. The fourth-order valence-corrected chi connectivity index (χ4v) is 1.49. The van der Waals surface area contributed by atoms with Crippen molar-refractivity contribution in [1.29, 1.82) is 0 Å². The molecule has 3 nitrogen and oxygen atoms in total. The highest BCUT2D eigenvalue weighted by molar-refractivity contribution is 5.79. The van der Waals surface area contributed by atoms with Crippen molar-refractivity contribution in [2.45, 2.75) is 31.5 Å². The maximum absolute atomic E-state index is 12.4. The van der Waals surface area contributed by atoms with Crippen LogP contribution in [0.4, 0.5) is 13.2 Å². The molecule has 2 atom stereocenters. The maximum atomic E-state index is 12.4. The van der Waals surface area contributed by atoms with E-state index in [9.17, 15) is 18.0 Å². The highest BCUT2D eigenvalue weighted by Gasteiger charge is 2.36. The van der Waals surface area contributed by atoms with Gasteiger partial charge < -0.3 is 10.8 Å². The fourth-order valence-electron chi connectivity index (χ4n) is 1.49. The normalized spacial score (nSPS) is 17.0. The monoisotopic (exact) mass is 261 g/mol. The van der Waals surface area contributed by atoms with E-state index in [4.69, 9.17) is 10.8 Å².